The van der Waals surface area contributed by atoms with Crippen LogP contribution in [-0.2, 0) is 22.6 Å². The minimum atomic E-state index is 0.509. The van der Waals surface area contributed by atoms with Gasteiger partial charge in [-0.25, -0.2) is 0 Å². The Kier molecular flexibility index (Phi) is 4.98. The van der Waals surface area contributed by atoms with Gasteiger partial charge in [0, 0.05) is 25.8 Å². The van der Waals surface area contributed by atoms with Crippen LogP contribution in [0.3, 0.4) is 0 Å². The van der Waals surface area contributed by atoms with Crippen molar-refractivity contribution < 1.29 is 9.47 Å². The third-order valence-electron chi connectivity index (χ3n) is 3.09. The van der Waals surface area contributed by atoms with E-state index >= 15 is 0 Å². The third kappa shape index (κ3) is 3.80. The average Bonchev–Trinajstić information content (AvgIpc) is 2.88. The predicted octanol–water partition coefficient (Wildman–Crippen LogP) is 2.10. The molecule has 1 aliphatic rings. The van der Waals surface area contributed by atoms with Crippen molar-refractivity contribution in [3.63, 3.8) is 0 Å². The van der Waals surface area contributed by atoms with E-state index in [4.69, 9.17) is 9.47 Å². The Balaban J connectivity index is 1.89. The largest absolute Gasteiger partial charge is 0.380 e. The Morgan fingerprint density at radius 3 is 2.88 bits per heavy atom. The molecule has 1 fully saturated rings. The number of benzene rings is 1. The molecule has 1 atom stereocenters. The Morgan fingerprint density at radius 1 is 1.35 bits per heavy atom. The predicted molar refractivity (Wildman–Crippen MR) is 67.8 cm³/mol. The molecule has 3 heteroatoms. The lowest BCUT2D eigenvalue weighted by molar-refractivity contribution is 0.133. The van der Waals surface area contributed by atoms with Crippen LogP contribution in [0.4, 0.5) is 0 Å². The van der Waals surface area contributed by atoms with Gasteiger partial charge in [-0.15, -0.1) is 0 Å². The van der Waals surface area contributed by atoms with Crippen LogP contribution in [0, 0.1) is 0 Å². The zero-order valence-electron chi connectivity index (χ0n) is 10.4. The summed E-state index contributed by atoms with van der Waals surface area (Å²) in [6.45, 7) is 6.12. The van der Waals surface area contributed by atoms with Crippen molar-refractivity contribution in [2.45, 2.75) is 32.5 Å². The SMILES string of the molecule is CCOCc1ccccc1CNC1CCOC1. The highest BCUT2D eigenvalue weighted by molar-refractivity contribution is 5.26. The molecule has 17 heavy (non-hydrogen) atoms. The summed E-state index contributed by atoms with van der Waals surface area (Å²) in [5.74, 6) is 0. The minimum absolute atomic E-state index is 0.509. The first kappa shape index (κ1) is 12.6. The van der Waals surface area contributed by atoms with Gasteiger partial charge in [0.25, 0.3) is 0 Å². The van der Waals surface area contributed by atoms with Crippen LogP contribution in [-0.4, -0.2) is 25.9 Å². The molecule has 1 aromatic rings. The number of rotatable bonds is 6. The summed E-state index contributed by atoms with van der Waals surface area (Å²) in [6, 6.07) is 8.96. The number of hydrogen-bond acceptors (Lipinski definition) is 3. The normalized spacial score (nSPS) is 19.7. The monoisotopic (exact) mass is 235 g/mol. The average molecular weight is 235 g/mol. The molecule has 0 spiro atoms. The first-order valence-electron chi connectivity index (χ1n) is 6.35. The van der Waals surface area contributed by atoms with E-state index in [0.717, 1.165) is 32.8 Å². The molecule has 1 saturated heterocycles. The fourth-order valence-corrected chi connectivity index (χ4v) is 2.03. The van der Waals surface area contributed by atoms with Crippen molar-refractivity contribution >= 4 is 0 Å². The quantitative estimate of drug-likeness (QED) is 0.819. The van der Waals surface area contributed by atoms with E-state index in [2.05, 4.69) is 29.6 Å². The summed E-state index contributed by atoms with van der Waals surface area (Å²) >= 11 is 0. The molecule has 2 rings (SSSR count). The first-order valence-corrected chi connectivity index (χ1v) is 6.35. The molecule has 0 aliphatic carbocycles. The summed E-state index contributed by atoms with van der Waals surface area (Å²) < 4.78 is 10.8. The molecule has 0 aromatic heterocycles. The van der Waals surface area contributed by atoms with Crippen LogP contribution < -0.4 is 5.32 Å². The summed E-state index contributed by atoms with van der Waals surface area (Å²) in [6.07, 6.45) is 1.12. The Morgan fingerprint density at radius 2 is 2.18 bits per heavy atom. The molecule has 1 aromatic carbocycles. The standard InChI is InChI=1S/C14H21NO2/c1-2-16-10-13-6-4-3-5-12(13)9-15-14-7-8-17-11-14/h3-6,14-15H,2,7-11H2,1H3. The zero-order chi connectivity index (χ0) is 11.9. The summed E-state index contributed by atoms with van der Waals surface area (Å²) in [7, 11) is 0. The van der Waals surface area contributed by atoms with Gasteiger partial charge in [-0.1, -0.05) is 24.3 Å². The second kappa shape index (κ2) is 6.74. The number of hydrogen-bond donors (Lipinski definition) is 1. The summed E-state index contributed by atoms with van der Waals surface area (Å²) in [5, 5.41) is 3.53. The second-order valence-electron chi connectivity index (χ2n) is 4.35. The minimum Gasteiger partial charge on any atom is -0.380 e. The third-order valence-corrected chi connectivity index (χ3v) is 3.09. The van der Waals surface area contributed by atoms with E-state index in [1.807, 2.05) is 6.92 Å². The van der Waals surface area contributed by atoms with Gasteiger partial charge in [-0.05, 0) is 24.5 Å². The molecule has 1 unspecified atom stereocenters. The van der Waals surface area contributed by atoms with Crippen LogP contribution in [0.25, 0.3) is 0 Å². The maximum atomic E-state index is 5.48. The second-order valence-corrected chi connectivity index (χ2v) is 4.35. The molecule has 0 saturated carbocycles. The Labute approximate surface area is 103 Å². The van der Waals surface area contributed by atoms with E-state index in [1.54, 1.807) is 0 Å². The maximum Gasteiger partial charge on any atom is 0.0719 e. The van der Waals surface area contributed by atoms with Crippen LogP contribution >= 0.6 is 0 Å². The molecule has 1 heterocycles. The molecule has 0 amide bonds. The molecule has 0 bridgehead atoms. The van der Waals surface area contributed by atoms with Gasteiger partial charge in [0.05, 0.1) is 13.2 Å². The first-order chi connectivity index (χ1) is 8.40. The number of ether oxygens (including phenoxy) is 2. The van der Waals surface area contributed by atoms with E-state index in [-0.39, 0.29) is 0 Å². The molecule has 1 N–H and O–H groups in total. The van der Waals surface area contributed by atoms with Crippen LogP contribution in [0.15, 0.2) is 24.3 Å². The molecule has 1 aliphatic heterocycles. The fourth-order valence-electron chi connectivity index (χ4n) is 2.03. The van der Waals surface area contributed by atoms with Gasteiger partial charge in [0.15, 0.2) is 0 Å². The van der Waals surface area contributed by atoms with Crippen LogP contribution in [0.5, 0.6) is 0 Å². The topological polar surface area (TPSA) is 30.5 Å². The van der Waals surface area contributed by atoms with Crippen molar-refractivity contribution in [3.05, 3.63) is 35.4 Å². The summed E-state index contributed by atoms with van der Waals surface area (Å²) in [5.41, 5.74) is 2.61. The van der Waals surface area contributed by atoms with Gasteiger partial charge >= 0.3 is 0 Å². The smallest absolute Gasteiger partial charge is 0.0719 e. The van der Waals surface area contributed by atoms with Gasteiger partial charge in [-0.2, -0.15) is 0 Å². The molecular formula is C14H21NO2. The van der Waals surface area contributed by atoms with Crippen molar-refractivity contribution in [2.75, 3.05) is 19.8 Å². The van der Waals surface area contributed by atoms with Crippen molar-refractivity contribution in [1.82, 2.24) is 5.32 Å². The highest BCUT2D eigenvalue weighted by Gasteiger charge is 2.14. The van der Waals surface area contributed by atoms with Gasteiger partial charge in [0.2, 0.25) is 0 Å². The molecule has 94 valence electrons. The lowest BCUT2D eigenvalue weighted by Crippen LogP contribution is -2.28. The number of nitrogens with one attached hydrogen (secondary N) is 1. The van der Waals surface area contributed by atoms with Crippen molar-refractivity contribution in [3.8, 4) is 0 Å². The summed E-state index contributed by atoms with van der Waals surface area (Å²) in [4.78, 5) is 0. The van der Waals surface area contributed by atoms with Crippen molar-refractivity contribution in [1.29, 1.82) is 0 Å². The lowest BCUT2D eigenvalue weighted by Gasteiger charge is -2.13. The van der Waals surface area contributed by atoms with E-state index in [9.17, 15) is 0 Å². The van der Waals surface area contributed by atoms with E-state index < -0.39 is 0 Å². The van der Waals surface area contributed by atoms with Crippen LogP contribution in [0.1, 0.15) is 24.5 Å². The highest BCUT2D eigenvalue weighted by atomic mass is 16.5. The zero-order valence-corrected chi connectivity index (χ0v) is 10.4. The fraction of sp³-hybridized carbons (Fsp3) is 0.571. The molecular weight excluding hydrogens is 214 g/mol. The lowest BCUT2D eigenvalue weighted by atomic mass is 10.1. The molecule has 0 radical (unpaired) electrons. The van der Waals surface area contributed by atoms with Gasteiger partial charge in [0.1, 0.15) is 0 Å². The van der Waals surface area contributed by atoms with Crippen molar-refractivity contribution in [2.24, 2.45) is 0 Å². The Bertz CT molecular complexity index is 335. The van der Waals surface area contributed by atoms with E-state index in [0.29, 0.717) is 12.6 Å². The van der Waals surface area contributed by atoms with Gasteiger partial charge in [-0.3, -0.25) is 0 Å². The van der Waals surface area contributed by atoms with Gasteiger partial charge < -0.3 is 14.8 Å². The Hall–Kier alpha value is -0.900. The van der Waals surface area contributed by atoms with Crippen LogP contribution in [0.2, 0.25) is 0 Å². The highest BCUT2D eigenvalue weighted by Crippen LogP contribution is 2.11. The molecule has 3 nitrogen and oxygen atoms in total. The maximum absolute atomic E-state index is 5.48. The van der Waals surface area contributed by atoms with E-state index in [1.165, 1.54) is 11.1 Å².